The average Bonchev–Trinajstić information content (AvgIpc) is 3.24. The van der Waals surface area contributed by atoms with Crippen LogP contribution in [0, 0.1) is 18.8 Å². The molecular weight excluding hydrogens is 338 g/mol. The van der Waals surface area contributed by atoms with Gasteiger partial charge in [-0.2, -0.15) is 0 Å². The van der Waals surface area contributed by atoms with E-state index in [1.807, 2.05) is 42.2 Å². The molecule has 1 aliphatic carbocycles. The molecule has 0 bridgehead atoms. The molecule has 2 amide bonds. The van der Waals surface area contributed by atoms with Gasteiger partial charge in [0, 0.05) is 24.7 Å². The maximum Gasteiger partial charge on any atom is 0.255 e. The fourth-order valence-corrected chi connectivity index (χ4v) is 4.40. The molecule has 1 saturated heterocycles. The molecule has 27 heavy (non-hydrogen) atoms. The molecule has 5 heteroatoms. The highest BCUT2D eigenvalue weighted by Gasteiger charge is 2.42. The van der Waals surface area contributed by atoms with Crippen LogP contribution in [0.5, 0.6) is 0 Å². The van der Waals surface area contributed by atoms with Crippen molar-refractivity contribution in [3.05, 3.63) is 65.2 Å². The van der Waals surface area contributed by atoms with Gasteiger partial charge in [-0.25, -0.2) is 0 Å². The Kier molecular flexibility index (Phi) is 4.70. The topological polar surface area (TPSA) is 75.4 Å². The molecule has 0 aromatic heterocycles. The molecule has 3 unspecified atom stereocenters. The predicted molar refractivity (Wildman–Crippen MR) is 106 cm³/mol. The lowest BCUT2D eigenvalue weighted by molar-refractivity contribution is 0.0780. The van der Waals surface area contributed by atoms with Crippen LogP contribution in [-0.4, -0.2) is 35.8 Å². The number of nitrogens with zero attached hydrogens (tertiary/aromatic N) is 1. The number of para-hydroxylation sites is 1. The number of nitrogens with one attached hydrogen (secondary N) is 1. The summed E-state index contributed by atoms with van der Waals surface area (Å²) in [6.45, 7) is 3.42. The molecular formula is C22H25N3O2. The van der Waals surface area contributed by atoms with Crippen molar-refractivity contribution in [2.24, 2.45) is 17.6 Å². The van der Waals surface area contributed by atoms with E-state index in [1.165, 1.54) is 0 Å². The van der Waals surface area contributed by atoms with E-state index in [-0.39, 0.29) is 17.9 Å². The summed E-state index contributed by atoms with van der Waals surface area (Å²) < 4.78 is 0. The third kappa shape index (κ3) is 3.47. The van der Waals surface area contributed by atoms with E-state index in [0.29, 0.717) is 35.2 Å². The summed E-state index contributed by atoms with van der Waals surface area (Å²) in [4.78, 5) is 27.6. The monoisotopic (exact) mass is 363 g/mol. The summed E-state index contributed by atoms with van der Waals surface area (Å²) in [7, 11) is 0. The van der Waals surface area contributed by atoms with E-state index in [1.54, 1.807) is 18.2 Å². The van der Waals surface area contributed by atoms with Crippen LogP contribution in [-0.2, 0) is 0 Å². The van der Waals surface area contributed by atoms with Gasteiger partial charge >= 0.3 is 0 Å². The van der Waals surface area contributed by atoms with E-state index in [4.69, 9.17) is 5.73 Å². The number of carbonyl (C=O) groups is 2. The van der Waals surface area contributed by atoms with Gasteiger partial charge in [-0.05, 0) is 55.9 Å². The predicted octanol–water partition coefficient (Wildman–Crippen LogP) is 3.06. The Morgan fingerprint density at radius 1 is 1.07 bits per heavy atom. The number of aryl methyl sites for hydroxylation is 1. The zero-order valence-corrected chi connectivity index (χ0v) is 15.5. The Morgan fingerprint density at radius 2 is 1.89 bits per heavy atom. The van der Waals surface area contributed by atoms with Crippen molar-refractivity contribution < 1.29 is 9.59 Å². The van der Waals surface area contributed by atoms with Gasteiger partial charge in [0.25, 0.3) is 11.8 Å². The number of fused-ring (bicyclic) bond motifs is 1. The number of hydrogen-bond acceptors (Lipinski definition) is 3. The highest BCUT2D eigenvalue weighted by Crippen LogP contribution is 2.38. The van der Waals surface area contributed by atoms with Crippen molar-refractivity contribution in [1.29, 1.82) is 0 Å². The van der Waals surface area contributed by atoms with Crippen LogP contribution in [0.25, 0.3) is 0 Å². The lowest BCUT2D eigenvalue weighted by Crippen LogP contribution is -2.34. The molecule has 0 radical (unpaired) electrons. The average molecular weight is 363 g/mol. The fraction of sp³-hybridized carbons (Fsp3) is 0.364. The Morgan fingerprint density at radius 3 is 2.67 bits per heavy atom. The Bertz CT molecular complexity index is 879. The highest BCUT2D eigenvalue weighted by molar-refractivity contribution is 6.09. The molecule has 2 aromatic rings. The number of anilines is 1. The van der Waals surface area contributed by atoms with Gasteiger partial charge in [0.05, 0.1) is 11.3 Å². The number of nitrogens with two attached hydrogens (primary N) is 1. The maximum absolute atomic E-state index is 13.1. The van der Waals surface area contributed by atoms with Crippen molar-refractivity contribution in [1.82, 2.24) is 4.90 Å². The Hall–Kier alpha value is -2.66. The molecule has 1 aliphatic heterocycles. The standard InChI is InChI=1S/C22H25N3O2/c1-14-5-4-6-15(11-14)21(26)24-20-8-3-2-7-17(20)22(27)25-12-16-9-10-19(23)18(16)13-25/h2-8,11,16,18-19H,9-10,12-13,23H2,1H3,(H,24,26). The number of hydrogen-bond donors (Lipinski definition) is 2. The molecule has 3 atom stereocenters. The third-order valence-corrected chi connectivity index (χ3v) is 5.89. The number of carbonyl (C=O) groups excluding carboxylic acids is 2. The van der Waals surface area contributed by atoms with Gasteiger partial charge in [0.1, 0.15) is 0 Å². The lowest BCUT2D eigenvalue weighted by atomic mass is 9.98. The van der Waals surface area contributed by atoms with Crippen LogP contribution < -0.4 is 11.1 Å². The van der Waals surface area contributed by atoms with Crippen molar-refractivity contribution >= 4 is 17.5 Å². The molecule has 140 valence electrons. The normalized spacial score (nSPS) is 23.9. The zero-order valence-electron chi connectivity index (χ0n) is 15.5. The van der Waals surface area contributed by atoms with Crippen molar-refractivity contribution in [3.8, 4) is 0 Å². The van der Waals surface area contributed by atoms with Gasteiger partial charge < -0.3 is 16.0 Å². The van der Waals surface area contributed by atoms with E-state index in [2.05, 4.69) is 5.32 Å². The number of amides is 2. The number of rotatable bonds is 3. The van der Waals surface area contributed by atoms with Crippen molar-refractivity contribution in [2.45, 2.75) is 25.8 Å². The summed E-state index contributed by atoms with van der Waals surface area (Å²) >= 11 is 0. The first-order valence-electron chi connectivity index (χ1n) is 9.55. The minimum absolute atomic E-state index is 0.0308. The van der Waals surface area contributed by atoms with Crippen LogP contribution in [0.15, 0.2) is 48.5 Å². The first-order chi connectivity index (χ1) is 13.0. The minimum Gasteiger partial charge on any atom is -0.338 e. The molecule has 5 nitrogen and oxygen atoms in total. The molecule has 4 rings (SSSR count). The molecule has 2 aromatic carbocycles. The fourth-order valence-electron chi connectivity index (χ4n) is 4.40. The number of likely N-dealkylation sites (tertiary alicyclic amines) is 1. The van der Waals surface area contributed by atoms with Crippen molar-refractivity contribution in [2.75, 3.05) is 18.4 Å². The highest BCUT2D eigenvalue weighted by atomic mass is 16.2. The van der Waals surface area contributed by atoms with Crippen LogP contribution in [0.4, 0.5) is 5.69 Å². The van der Waals surface area contributed by atoms with Gasteiger partial charge in [0.2, 0.25) is 0 Å². The quantitative estimate of drug-likeness (QED) is 0.880. The second kappa shape index (κ2) is 7.16. The summed E-state index contributed by atoms with van der Waals surface area (Å²) in [5.74, 6) is 0.678. The van der Waals surface area contributed by atoms with Gasteiger partial charge in [0.15, 0.2) is 0 Å². The van der Waals surface area contributed by atoms with Crippen LogP contribution in [0.1, 0.15) is 39.1 Å². The summed E-state index contributed by atoms with van der Waals surface area (Å²) in [5, 5.41) is 2.91. The van der Waals surface area contributed by atoms with E-state index in [0.717, 1.165) is 24.9 Å². The SMILES string of the molecule is Cc1cccc(C(=O)Nc2ccccc2C(=O)N2CC3CCC(N)C3C2)c1. The summed E-state index contributed by atoms with van der Waals surface area (Å²) in [5.41, 5.74) is 8.89. The lowest BCUT2D eigenvalue weighted by Gasteiger charge is -2.20. The minimum atomic E-state index is -0.209. The number of benzene rings is 2. The second-order valence-electron chi connectivity index (χ2n) is 7.74. The summed E-state index contributed by atoms with van der Waals surface area (Å²) in [6, 6.07) is 14.8. The zero-order chi connectivity index (χ0) is 19.0. The third-order valence-electron chi connectivity index (χ3n) is 5.89. The molecule has 2 fully saturated rings. The molecule has 1 heterocycles. The molecule has 3 N–H and O–H groups in total. The van der Waals surface area contributed by atoms with E-state index >= 15 is 0 Å². The first kappa shape index (κ1) is 17.7. The van der Waals surface area contributed by atoms with Gasteiger partial charge in [-0.1, -0.05) is 29.8 Å². The maximum atomic E-state index is 13.1. The first-order valence-corrected chi connectivity index (χ1v) is 9.55. The summed E-state index contributed by atoms with van der Waals surface area (Å²) in [6.07, 6.45) is 2.15. The largest absolute Gasteiger partial charge is 0.338 e. The van der Waals surface area contributed by atoms with E-state index < -0.39 is 0 Å². The molecule has 1 saturated carbocycles. The van der Waals surface area contributed by atoms with Gasteiger partial charge in [-0.15, -0.1) is 0 Å². The van der Waals surface area contributed by atoms with E-state index in [9.17, 15) is 9.59 Å². The smallest absolute Gasteiger partial charge is 0.255 e. The molecule has 2 aliphatic rings. The molecule has 0 spiro atoms. The van der Waals surface area contributed by atoms with Crippen LogP contribution in [0.3, 0.4) is 0 Å². The Labute approximate surface area is 159 Å². The Balaban J connectivity index is 1.53. The van der Waals surface area contributed by atoms with Crippen LogP contribution in [0.2, 0.25) is 0 Å². The van der Waals surface area contributed by atoms with Gasteiger partial charge in [-0.3, -0.25) is 9.59 Å². The van der Waals surface area contributed by atoms with Crippen LogP contribution >= 0.6 is 0 Å². The van der Waals surface area contributed by atoms with Crippen molar-refractivity contribution in [3.63, 3.8) is 0 Å². The second-order valence-corrected chi connectivity index (χ2v) is 7.74.